The summed E-state index contributed by atoms with van der Waals surface area (Å²) in [5, 5.41) is 0.200. The molecule has 36 valence electrons. The molecule has 0 heterocycles. The largest absolute Gasteiger partial charge is 0.0449 e. The Bertz CT molecular complexity index is 75.6. The Morgan fingerprint density at radius 1 is 2.00 bits per heavy atom. The molecule has 0 aromatic rings. The van der Waals surface area contributed by atoms with Crippen LogP contribution in [0, 0.1) is 0 Å². The summed E-state index contributed by atoms with van der Waals surface area (Å²) in [6, 6.07) is 0. The minimum absolute atomic E-state index is 0.200. The van der Waals surface area contributed by atoms with Gasteiger partial charge in [-0.25, -0.2) is 0 Å². The zero-order valence-corrected chi connectivity index (χ0v) is 8.67. The van der Waals surface area contributed by atoms with Gasteiger partial charge in [0.15, 0.2) is 0 Å². The smallest absolute Gasteiger partial charge is 0.0212 e. The van der Waals surface area contributed by atoms with Crippen LogP contribution in [0.3, 0.4) is 0 Å². The summed E-state index contributed by atoms with van der Waals surface area (Å²) in [5.74, 6) is 0. The van der Waals surface area contributed by atoms with Gasteiger partial charge in [-0.1, -0.05) is 0 Å². The van der Waals surface area contributed by atoms with Gasteiger partial charge in [-0.15, -0.1) is 0 Å². The van der Waals surface area contributed by atoms with Gasteiger partial charge in [0, 0.05) is 12.3 Å². The van der Waals surface area contributed by atoms with E-state index in [0.717, 1.165) is 0 Å². The summed E-state index contributed by atoms with van der Waals surface area (Å²) in [4.78, 5) is 0. The van der Waals surface area contributed by atoms with E-state index in [0.29, 0.717) is 0 Å². The Balaban J connectivity index is 3.29. The van der Waals surface area contributed by atoms with Gasteiger partial charge in [0.05, 0.1) is 0 Å². The standard InChI is InChI=1S/CH3IP2S2/c1-4(2)3-6-5/h1H3. The van der Waals surface area contributed by atoms with Crippen LogP contribution < -0.4 is 0 Å². The predicted octanol–water partition coefficient (Wildman–Crippen LogP) is 2.77. The summed E-state index contributed by atoms with van der Waals surface area (Å²) in [5.41, 5.74) is 0. The van der Waals surface area contributed by atoms with Gasteiger partial charge in [0.1, 0.15) is 0 Å². The Morgan fingerprint density at radius 2 is 2.50 bits per heavy atom. The van der Waals surface area contributed by atoms with Gasteiger partial charge in [-0.3, -0.25) is 0 Å². The molecular formula is CH3IP2S2. The lowest BCUT2D eigenvalue weighted by molar-refractivity contribution is 2.51. The van der Waals surface area contributed by atoms with E-state index in [1.165, 1.54) is 16.5 Å². The molecule has 1 unspecified atom stereocenters. The minimum atomic E-state index is 0.200. The quantitative estimate of drug-likeness (QED) is 0.520. The first-order chi connectivity index (χ1) is 2.77. The topological polar surface area (TPSA) is 0 Å². The van der Waals surface area contributed by atoms with Gasteiger partial charge < -0.3 is 0 Å². The molecular weight excluding hydrogens is 265 g/mol. The predicted molar refractivity (Wildman–Crippen MR) is 48.5 cm³/mol. The SMILES string of the molecule is CP(I)P=S=S. The second-order valence-corrected chi connectivity index (χ2v) is 14.0. The van der Waals surface area contributed by atoms with Crippen LogP contribution in [0.4, 0.5) is 0 Å². The third-order valence-electron chi connectivity index (χ3n) is 0.146. The van der Waals surface area contributed by atoms with Gasteiger partial charge >= 0.3 is 0 Å². The van der Waals surface area contributed by atoms with Crippen molar-refractivity contribution in [1.29, 1.82) is 0 Å². The monoisotopic (exact) mass is 268 g/mol. The molecule has 0 amide bonds. The Kier molecular flexibility index (Phi) is 6.64. The number of hydrogen-bond acceptors (Lipinski definition) is 1. The lowest BCUT2D eigenvalue weighted by atomic mass is 12.0. The van der Waals surface area contributed by atoms with Crippen LogP contribution >= 0.6 is 34.3 Å². The van der Waals surface area contributed by atoms with E-state index >= 15 is 0 Å². The number of rotatable bonds is 1. The molecule has 0 aliphatic heterocycles. The van der Waals surface area contributed by atoms with Crippen molar-refractivity contribution in [1.82, 2.24) is 0 Å². The highest BCUT2D eigenvalue weighted by molar-refractivity contribution is 14.2. The van der Waals surface area contributed by atoms with E-state index in [4.69, 9.17) is 0 Å². The molecule has 0 aromatic heterocycles. The maximum atomic E-state index is 4.64. The van der Waals surface area contributed by atoms with E-state index < -0.39 is 0 Å². The number of hydrogen-bond donors (Lipinski definition) is 0. The van der Waals surface area contributed by atoms with Crippen LogP contribution in [-0.4, -0.2) is 6.66 Å². The highest BCUT2D eigenvalue weighted by Gasteiger charge is 1.80. The highest BCUT2D eigenvalue weighted by Crippen LogP contribution is 2.53. The Labute approximate surface area is 61.3 Å². The molecule has 0 rings (SSSR count). The minimum Gasteiger partial charge on any atom is -0.0449 e. The zero-order valence-electron chi connectivity index (χ0n) is 3.09. The molecule has 1 atom stereocenters. The first-order valence-corrected chi connectivity index (χ1v) is 9.69. The van der Waals surface area contributed by atoms with Crippen molar-refractivity contribution in [3.05, 3.63) is 0 Å². The van der Waals surface area contributed by atoms with Gasteiger partial charge in [-0.2, -0.15) is 0 Å². The van der Waals surface area contributed by atoms with Crippen molar-refractivity contribution >= 4 is 55.0 Å². The molecule has 0 N–H and O–H groups in total. The summed E-state index contributed by atoms with van der Waals surface area (Å²) in [6.07, 6.45) is 0. The van der Waals surface area contributed by atoms with Crippen molar-refractivity contribution in [2.24, 2.45) is 0 Å². The van der Waals surface area contributed by atoms with Crippen LogP contribution in [0.1, 0.15) is 0 Å². The summed E-state index contributed by atoms with van der Waals surface area (Å²) < 4.78 is 0. The molecule has 0 spiro atoms. The first-order valence-electron chi connectivity index (χ1n) is 1.17. The molecule has 0 aliphatic rings. The van der Waals surface area contributed by atoms with Crippen molar-refractivity contribution in [3.63, 3.8) is 0 Å². The van der Waals surface area contributed by atoms with Crippen molar-refractivity contribution in [3.8, 4) is 0 Å². The fourth-order valence-electron chi connectivity index (χ4n) is 0.0459. The molecule has 0 aliphatic carbocycles. The van der Waals surface area contributed by atoms with Crippen molar-refractivity contribution in [2.75, 3.05) is 6.66 Å². The van der Waals surface area contributed by atoms with Gasteiger partial charge in [0.25, 0.3) is 0 Å². The third-order valence-corrected chi connectivity index (χ3v) is 10.5. The molecule has 0 bridgehead atoms. The van der Waals surface area contributed by atoms with Crippen molar-refractivity contribution in [2.45, 2.75) is 0 Å². The fraction of sp³-hybridized carbons (Fsp3) is 1.00. The maximum Gasteiger partial charge on any atom is 0.0212 e. The summed E-state index contributed by atoms with van der Waals surface area (Å²) in [7, 11) is 2.85. The van der Waals surface area contributed by atoms with Gasteiger partial charge in [-0.05, 0) is 49.4 Å². The second-order valence-electron chi connectivity index (χ2n) is 0.601. The van der Waals surface area contributed by atoms with Crippen LogP contribution in [0.15, 0.2) is 0 Å². The molecule has 6 heavy (non-hydrogen) atoms. The first kappa shape index (κ1) is 7.90. The van der Waals surface area contributed by atoms with Gasteiger partial charge in [0.2, 0.25) is 0 Å². The summed E-state index contributed by atoms with van der Waals surface area (Å²) >= 11 is 7.05. The molecule has 0 aromatic carbocycles. The molecule has 0 saturated heterocycles. The lowest BCUT2D eigenvalue weighted by Gasteiger charge is -1.79. The number of halogens is 1. The molecule has 5 heteroatoms. The van der Waals surface area contributed by atoms with Crippen LogP contribution in [0.25, 0.3) is 0 Å². The fourth-order valence-corrected chi connectivity index (χ4v) is 9.55. The molecule has 0 fully saturated rings. The van der Waals surface area contributed by atoms with E-state index in [2.05, 4.69) is 39.9 Å². The molecule has 0 radical (unpaired) electrons. The lowest BCUT2D eigenvalue weighted by Crippen LogP contribution is -1.24. The van der Waals surface area contributed by atoms with E-state index in [1.54, 1.807) is 0 Å². The zero-order chi connectivity index (χ0) is 4.99. The van der Waals surface area contributed by atoms with E-state index in [9.17, 15) is 0 Å². The Morgan fingerprint density at radius 3 is 2.50 bits per heavy atom. The van der Waals surface area contributed by atoms with E-state index in [1.807, 2.05) is 0 Å². The highest BCUT2D eigenvalue weighted by atomic mass is 127. The van der Waals surface area contributed by atoms with Crippen LogP contribution in [0.5, 0.6) is 0 Å². The maximum absolute atomic E-state index is 4.64. The van der Waals surface area contributed by atoms with Crippen LogP contribution in [-0.2, 0) is 20.7 Å². The summed E-state index contributed by atoms with van der Waals surface area (Å²) in [6.45, 7) is 2.21. The third kappa shape index (κ3) is 5.90. The van der Waals surface area contributed by atoms with Crippen molar-refractivity contribution < 1.29 is 0 Å². The van der Waals surface area contributed by atoms with Crippen LogP contribution in [0.2, 0.25) is 0 Å². The average molecular weight is 268 g/mol. The average Bonchev–Trinajstić information content (AvgIpc) is 1.35. The second kappa shape index (κ2) is 5.04. The Hall–Kier alpha value is 1.90. The van der Waals surface area contributed by atoms with E-state index in [-0.39, 0.29) is 5.25 Å². The molecule has 0 nitrogen and oxygen atoms in total. The molecule has 0 saturated carbocycles. The normalized spacial score (nSPS) is 14.3.